The molecule has 2 rings (SSSR count). The number of rotatable bonds is 4. The number of amides is 1. The number of benzene rings is 1. The van der Waals surface area contributed by atoms with Crippen LogP contribution in [0.4, 0.5) is 11.4 Å². The van der Waals surface area contributed by atoms with Crippen LogP contribution in [0.3, 0.4) is 0 Å². The molecule has 104 valence electrons. The number of aryl methyl sites for hydroxylation is 1. The monoisotopic (exact) mass is 386 g/mol. The van der Waals surface area contributed by atoms with E-state index in [1.54, 1.807) is 19.1 Å². The van der Waals surface area contributed by atoms with Crippen molar-refractivity contribution in [1.29, 1.82) is 0 Å². The molecule has 2 aromatic rings. The van der Waals surface area contributed by atoms with Crippen molar-refractivity contribution in [3.8, 4) is 0 Å². The quantitative estimate of drug-likeness (QED) is 0.497. The number of hydrogen-bond acceptors (Lipinski definition) is 4. The average molecular weight is 386 g/mol. The summed E-state index contributed by atoms with van der Waals surface area (Å²) in [5, 5.41) is 17.4. The second-order valence-electron chi connectivity index (χ2n) is 3.91. The number of carbonyl (C=O) groups excluding carboxylic acids is 1. The van der Waals surface area contributed by atoms with E-state index in [1.165, 1.54) is 4.68 Å². The SMILES string of the molecule is CCn1ncc([N+](=O)[O-])c1C(=O)Nc1ccc(I)cc1. The highest BCUT2D eigenvalue weighted by atomic mass is 127. The third-order valence-electron chi connectivity index (χ3n) is 2.63. The predicted octanol–water partition coefficient (Wildman–Crippen LogP) is 2.67. The summed E-state index contributed by atoms with van der Waals surface area (Å²) in [6.45, 7) is 2.14. The van der Waals surface area contributed by atoms with Crippen LogP contribution in [-0.2, 0) is 6.54 Å². The molecular formula is C12H11IN4O3. The van der Waals surface area contributed by atoms with Gasteiger partial charge < -0.3 is 5.32 Å². The minimum atomic E-state index is -0.609. The number of nitro groups is 1. The van der Waals surface area contributed by atoms with Gasteiger partial charge in [0.2, 0.25) is 5.69 Å². The molecule has 8 heteroatoms. The van der Waals surface area contributed by atoms with Gasteiger partial charge in [-0.1, -0.05) is 0 Å². The summed E-state index contributed by atoms with van der Waals surface area (Å²) in [5.41, 5.74) is 0.236. The summed E-state index contributed by atoms with van der Waals surface area (Å²) >= 11 is 2.15. The van der Waals surface area contributed by atoms with Crippen LogP contribution < -0.4 is 5.32 Å². The maximum Gasteiger partial charge on any atom is 0.320 e. The molecule has 20 heavy (non-hydrogen) atoms. The molecular weight excluding hydrogens is 375 g/mol. The third-order valence-corrected chi connectivity index (χ3v) is 3.35. The standard InChI is InChI=1S/C12H11IN4O3/c1-2-16-11(10(7-14-16)17(19)20)12(18)15-9-5-3-8(13)4-6-9/h3-7H,2H2,1H3,(H,15,18). The van der Waals surface area contributed by atoms with Crippen LogP contribution in [0.15, 0.2) is 30.5 Å². The number of anilines is 1. The average Bonchev–Trinajstić information content (AvgIpc) is 2.85. The molecule has 0 radical (unpaired) electrons. The Bertz CT molecular complexity index is 651. The molecule has 1 heterocycles. The molecule has 1 amide bonds. The summed E-state index contributed by atoms with van der Waals surface area (Å²) in [6, 6.07) is 7.14. The normalized spacial score (nSPS) is 10.3. The van der Waals surface area contributed by atoms with Gasteiger partial charge in [0.05, 0.1) is 4.92 Å². The summed E-state index contributed by atoms with van der Waals surface area (Å²) in [5.74, 6) is -0.544. The molecule has 7 nitrogen and oxygen atoms in total. The summed E-state index contributed by atoms with van der Waals surface area (Å²) in [4.78, 5) is 22.5. The maximum absolute atomic E-state index is 12.2. The van der Waals surface area contributed by atoms with Gasteiger partial charge in [0.15, 0.2) is 0 Å². The molecule has 0 fully saturated rings. The lowest BCUT2D eigenvalue weighted by molar-refractivity contribution is -0.385. The van der Waals surface area contributed by atoms with E-state index >= 15 is 0 Å². The Morgan fingerprint density at radius 1 is 1.45 bits per heavy atom. The molecule has 0 saturated heterocycles. The zero-order valence-electron chi connectivity index (χ0n) is 10.5. The number of nitrogens with zero attached hydrogens (tertiary/aromatic N) is 3. The Balaban J connectivity index is 2.31. The Labute approximate surface area is 128 Å². The van der Waals surface area contributed by atoms with E-state index in [1.807, 2.05) is 12.1 Å². The molecule has 0 aliphatic heterocycles. The first-order valence-electron chi connectivity index (χ1n) is 5.80. The summed E-state index contributed by atoms with van der Waals surface area (Å²) in [7, 11) is 0. The Morgan fingerprint density at radius 2 is 2.10 bits per heavy atom. The number of aromatic nitrogens is 2. The molecule has 0 saturated carbocycles. The van der Waals surface area contributed by atoms with E-state index in [0.717, 1.165) is 9.77 Å². The van der Waals surface area contributed by atoms with E-state index in [9.17, 15) is 14.9 Å². The fourth-order valence-corrected chi connectivity index (χ4v) is 2.07. The largest absolute Gasteiger partial charge is 0.320 e. The molecule has 0 aliphatic carbocycles. The van der Waals surface area contributed by atoms with Crippen LogP contribution in [0, 0.1) is 13.7 Å². The molecule has 0 bridgehead atoms. The predicted molar refractivity (Wildman–Crippen MR) is 81.7 cm³/mol. The number of carbonyl (C=O) groups is 1. The molecule has 1 N–H and O–H groups in total. The zero-order chi connectivity index (χ0) is 14.7. The van der Waals surface area contributed by atoms with Crippen molar-refractivity contribution in [2.24, 2.45) is 0 Å². The van der Waals surface area contributed by atoms with Crippen molar-refractivity contribution in [1.82, 2.24) is 9.78 Å². The van der Waals surface area contributed by atoms with Crippen LogP contribution in [0.5, 0.6) is 0 Å². The molecule has 0 atom stereocenters. The Hall–Kier alpha value is -1.97. The molecule has 0 spiro atoms. The lowest BCUT2D eigenvalue weighted by Gasteiger charge is -2.06. The molecule has 1 aromatic carbocycles. The maximum atomic E-state index is 12.2. The molecule has 0 unspecified atom stereocenters. The minimum absolute atomic E-state index is 0.0453. The van der Waals surface area contributed by atoms with E-state index < -0.39 is 10.8 Å². The van der Waals surface area contributed by atoms with Gasteiger partial charge in [0.1, 0.15) is 6.20 Å². The summed E-state index contributed by atoms with van der Waals surface area (Å²) < 4.78 is 2.34. The fourth-order valence-electron chi connectivity index (χ4n) is 1.71. The van der Waals surface area contributed by atoms with Crippen molar-refractivity contribution in [2.75, 3.05) is 5.32 Å². The second-order valence-corrected chi connectivity index (χ2v) is 5.16. The minimum Gasteiger partial charge on any atom is -0.320 e. The highest BCUT2D eigenvalue weighted by Gasteiger charge is 2.26. The van der Waals surface area contributed by atoms with Gasteiger partial charge in [-0.15, -0.1) is 0 Å². The lowest BCUT2D eigenvalue weighted by Crippen LogP contribution is -2.18. The van der Waals surface area contributed by atoms with Gasteiger partial charge >= 0.3 is 5.69 Å². The van der Waals surface area contributed by atoms with Crippen molar-refractivity contribution in [3.05, 3.63) is 49.8 Å². The Morgan fingerprint density at radius 3 is 2.65 bits per heavy atom. The van der Waals surface area contributed by atoms with Crippen LogP contribution in [-0.4, -0.2) is 20.6 Å². The van der Waals surface area contributed by atoms with E-state index in [-0.39, 0.29) is 11.4 Å². The highest BCUT2D eigenvalue weighted by Crippen LogP contribution is 2.20. The van der Waals surface area contributed by atoms with Gasteiger partial charge in [0.25, 0.3) is 5.91 Å². The van der Waals surface area contributed by atoms with Crippen molar-refractivity contribution in [2.45, 2.75) is 13.5 Å². The van der Waals surface area contributed by atoms with Crippen LogP contribution >= 0.6 is 22.6 Å². The summed E-state index contributed by atoms with van der Waals surface area (Å²) in [6.07, 6.45) is 1.09. The smallest absolute Gasteiger partial charge is 0.320 e. The zero-order valence-corrected chi connectivity index (χ0v) is 12.7. The van der Waals surface area contributed by atoms with Gasteiger partial charge in [0, 0.05) is 15.8 Å². The van der Waals surface area contributed by atoms with E-state index in [4.69, 9.17) is 0 Å². The highest BCUT2D eigenvalue weighted by molar-refractivity contribution is 14.1. The molecule has 1 aromatic heterocycles. The van der Waals surface area contributed by atoms with Crippen LogP contribution in [0.25, 0.3) is 0 Å². The van der Waals surface area contributed by atoms with Gasteiger partial charge in [-0.2, -0.15) is 5.10 Å². The lowest BCUT2D eigenvalue weighted by atomic mass is 10.3. The first-order chi connectivity index (χ1) is 9.52. The van der Waals surface area contributed by atoms with Gasteiger partial charge in [-0.3, -0.25) is 19.6 Å². The van der Waals surface area contributed by atoms with Crippen LogP contribution in [0.2, 0.25) is 0 Å². The van der Waals surface area contributed by atoms with Gasteiger partial charge in [-0.05, 0) is 53.8 Å². The molecule has 0 aliphatic rings. The first-order valence-corrected chi connectivity index (χ1v) is 6.88. The van der Waals surface area contributed by atoms with Crippen molar-refractivity contribution >= 4 is 39.9 Å². The van der Waals surface area contributed by atoms with E-state index in [0.29, 0.717) is 12.2 Å². The number of hydrogen-bond donors (Lipinski definition) is 1. The van der Waals surface area contributed by atoms with Gasteiger partial charge in [-0.25, -0.2) is 0 Å². The van der Waals surface area contributed by atoms with Crippen molar-refractivity contribution < 1.29 is 9.72 Å². The van der Waals surface area contributed by atoms with Crippen molar-refractivity contribution in [3.63, 3.8) is 0 Å². The fraction of sp³-hybridized carbons (Fsp3) is 0.167. The second kappa shape index (κ2) is 5.99. The Kier molecular flexibility index (Phi) is 4.32. The third kappa shape index (κ3) is 2.95. The first kappa shape index (κ1) is 14.4. The topological polar surface area (TPSA) is 90.1 Å². The van der Waals surface area contributed by atoms with Crippen LogP contribution in [0.1, 0.15) is 17.4 Å². The number of halogens is 1. The number of nitrogens with one attached hydrogen (secondary N) is 1. The van der Waals surface area contributed by atoms with E-state index in [2.05, 4.69) is 33.0 Å².